The maximum absolute atomic E-state index is 12.7. The molecule has 0 aliphatic rings. The largest absolute Gasteiger partial charge is 0.496 e. The number of amides is 1. The molecule has 0 unspecified atom stereocenters. The fraction of sp³-hybridized carbons (Fsp3) is 0.381. The number of carbonyl (C=O) groups excluding carboxylic acids is 1. The van der Waals surface area contributed by atoms with Crippen molar-refractivity contribution in [3.63, 3.8) is 0 Å². The summed E-state index contributed by atoms with van der Waals surface area (Å²) in [6.07, 6.45) is 0. The number of quaternary nitrogens is 1. The molecule has 0 aromatic heterocycles. The zero-order chi connectivity index (χ0) is 21.8. The summed E-state index contributed by atoms with van der Waals surface area (Å²) in [6, 6.07) is 12.1. The third-order valence-corrected chi connectivity index (χ3v) is 6.68. The molecule has 0 fully saturated rings. The van der Waals surface area contributed by atoms with Crippen LogP contribution in [0.1, 0.15) is 31.0 Å². The first-order valence-corrected chi connectivity index (χ1v) is 10.8. The Bertz CT molecular complexity index is 974. The minimum Gasteiger partial charge on any atom is -0.496 e. The first kappa shape index (κ1) is 22.9. The number of aryl methyl sites for hydroxylation is 1. The van der Waals surface area contributed by atoms with Gasteiger partial charge in [-0.25, -0.2) is 12.7 Å². The summed E-state index contributed by atoms with van der Waals surface area (Å²) in [6.45, 7) is 5.65. The molecule has 7 nitrogen and oxygen atoms in total. The molecule has 0 radical (unpaired) electrons. The van der Waals surface area contributed by atoms with Crippen molar-refractivity contribution >= 4 is 21.6 Å². The van der Waals surface area contributed by atoms with E-state index in [0.717, 1.165) is 21.2 Å². The van der Waals surface area contributed by atoms with E-state index in [-0.39, 0.29) is 22.9 Å². The number of para-hydroxylation sites is 1. The van der Waals surface area contributed by atoms with Crippen molar-refractivity contribution < 1.29 is 23.3 Å². The van der Waals surface area contributed by atoms with E-state index in [0.29, 0.717) is 5.69 Å². The van der Waals surface area contributed by atoms with Gasteiger partial charge in [0.2, 0.25) is 10.0 Å². The molecule has 2 aromatic rings. The van der Waals surface area contributed by atoms with Crippen LogP contribution in [0.4, 0.5) is 5.69 Å². The van der Waals surface area contributed by atoms with Gasteiger partial charge in [0.05, 0.1) is 17.6 Å². The van der Waals surface area contributed by atoms with Gasteiger partial charge in [-0.05, 0) is 50.6 Å². The second-order valence-electron chi connectivity index (χ2n) is 7.27. The highest BCUT2D eigenvalue weighted by atomic mass is 32.2. The minimum atomic E-state index is -3.57. The fourth-order valence-corrected chi connectivity index (χ4v) is 3.95. The summed E-state index contributed by atoms with van der Waals surface area (Å²) in [4.78, 5) is 12.9. The molecular formula is C21H30N3O4S+. The van der Waals surface area contributed by atoms with Gasteiger partial charge >= 0.3 is 0 Å². The third-order valence-electron chi connectivity index (χ3n) is 4.87. The molecule has 0 saturated carbocycles. The highest BCUT2D eigenvalue weighted by Crippen LogP contribution is 2.23. The van der Waals surface area contributed by atoms with E-state index in [9.17, 15) is 13.2 Å². The van der Waals surface area contributed by atoms with Gasteiger partial charge in [0.25, 0.3) is 5.91 Å². The Morgan fingerprint density at radius 2 is 1.79 bits per heavy atom. The number of nitrogens with two attached hydrogens (primary N) is 1. The SMILES string of the molecule is COc1ccccc1[C@@H](C)[NH2+][C@@H](C)C(=O)Nc1cc(S(=O)(=O)N(C)C)ccc1C. The van der Waals surface area contributed by atoms with Crippen molar-refractivity contribution in [2.75, 3.05) is 26.5 Å². The first-order valence-electron chi connectivity index (χ1n) is 9.40. The molecule has 2 aromatic carbocycles. The van der Waals surface area contributed by atoms with Crippen LogP contribution in [0.25, 0.3) is 0 Å². The van der Waals surface area contributed by atoms with Crippen LogP contribution in [0.15, 0.2) is 47.4 Å². The molecule has 0 spiro atoms. The molecule has 1 amide bonds. The van der Waals surface area contributed by atoms with Crippen LogP contribution in [-0.4, -0.2) is 45.9 Å². The first-order chi connectivity index (χ1) is 13.6. The average Bonchev–Trinajstić information content (AvgIpc) is 2.69. The second kappa shape index (κ2) is 9.39. The Hall–Kier alpha value is -2.42. The maximum Gasteiger partial charge on any atom is 0.282 e. The second-order valence-corrected chi connectivity index (χ2v) is 9.42. The summed E-state index contributed by atoms with van der Waals surface area (Å²) in [5.74, 6) is 0.579. The van der Waals surface area contributed by atoms with Gasteiger partial charge in [-0.2, -0.15) is 0 Å². The predicted molar refractivity (Wildman–Crippen MR) is 113 cm³/mol. The van der Waals surface area contributed by atoms with E-state index in [1.165, 1.54) is 20.2 Å². The molecule has 0 bridgehead atoms. The van der Waals surface area contributed by atoms with Crippen molar-refractivity contribution in [1.29, 1.82) is 0 Å². The average molecular weight is 421 g/mol. The monoisotopic (exact) mass is 420 g/mol. The number of ether oxygens (including phenoxy) is 1. The van der Waals surface area contributed by atoms with E-state index in [2.05, 4.69) is 5.32 Å². The number of sulfonamides is 1. The number of carbonyl (C=O) groups is 1. The Labute approximate surface area is 173 Å². The smallest absolute Gasteiger partial charge is 0.282 e. The van der Waals surface area contributed by atoms with Gasteiger partial charge < -0.3 is 15.4 Å². The van der Waals surface area contributed by atoms with Gasteiger partial charge in [-0.1, -0.05) is 18.2 Å². The Kier molecular flexibility index (Phi) is 7.40. The van der Waals surface area contributed by atoms with Crippen LogP contribution in [-0.2, 0) is 14.8 Å². The lowest BCUT2D eigenvalue weighted by Crippen LogP contribution is -2.91. The predicted octanol–water partition coefficient (Wildman–Crippen LogP) is 1.91. The number of anilines is 1. The van der Waals surface area contributed by atoms with Gasteiger partial charge in [0, 0.05) is 19.8 Å². The molecule has 0 heterocycles. The highest BCUT2D eigenvalue weighted by Gasteiger charge is 2.24. The molecule has 3 N–H and O–H groups in total. The van der Waals surface area contributed by atoms with Crippen molar-refractivity contribution in [3.8, 4) is 5.75 Å². The summed E-state index contributed by atoms with van der Waals surface area (Å²) < 4.78 is 31.3. The molecule has 29 heavy (non-hydrogen) atoms. The Morgan fingerprint density at radius 3 is 2.41 bits per heavy atom. The summed E-state index contributed by atoms with van der Waals surface area (Å²) in [5.41, 5.74) is 2.29. The lowest BCUT2D eigenvalue weighted by molar-refractivity contribution is -0.709. The number of hydrogen-bond donors (Lipinski definition) is 2. The van der Waals surface area contributed by atoms with Crippen LogP contribution in [0, 0.1) is 6.92 Å². The number of methoxy groups -OCH3 is 1. The van der Waals surface area contributed by atoms with Crippen LogP contribution in [0.2, 0.25) is 0 Å². The van der Waals surface area contributed by atoms with Gasteiger partial charge in [0.15, 0.2) is 6.04 Å². The minimum absolute atomic E-state index is 0.00782. The molecular weight excluding hydrogens is 390 g/mol. The topological polar surface area (TPSA) is 92.3 Å². The zero-order valence-corrected chi connectivity index (χ0v) is 18.6. The summed E-state index contributed by atoms with van der Waals surface area (Å²) >= 11 is 0. The molecule has 158 valence electrons. The molecule has 8 heteroatoms. The van der Waals surface area contributed by atoms with E-state index >= 15 is 0 Å². The van der Waals surface area contributed by atoms with E-state index in [1.807, 2.05) is 50.4 Å². The van der Waals surface area contributed by atoms with Crippen LogP contribution in [0.3, 0.4) is 0 Å². The maximum atomic E-state index is 12.7. The van der Waals surface area contributed by atoms with Crippen molar-refractivity contribution in [3.05, 3.63) is 53.6 Å². The molecule has 0 aliphatic carbocycles. The van der Waals surface area contributed by atoms with E-state index in [1.54, 1.807) is 19.2 Å². The van der Waals surface area contributed by atoms with Crippen LogP contribution < -0.4 is 15.4 Å². The van der Waals surface area contributed by atoms with E-state index < -0.39 is 10.0 Å². The number of nitrogens with one attached hydrogen (secondary N) is 1. The van der Waals surface area contributed by atoms with Crippen molar-refractivity contribution in [2.24, 2.45) is 0 Å². The van der Waals surface area contributed by atoms with Crippen LogP contribution in [0.5, 0.6) is 5.75 Å². The fourth-order valence-electron chi connectivity index (χ4n) is 3.02. The summed E-state index contributed by atoms with van der Waals surface area (Å²) in [7, 11) is 1.00. The summed E-state index contributed by atoms with van der Waals surface area (Å²) in [5, 5.41) is 4.81. The van der Waals surface area contributed by atoms with Crippen molar-refractivity contribution in [2.45, 2.75) is 37.8 Å². The quantitative estimate of drug-likeness (QED) is 0.682. The molecule has 0 aliphatic heterocycles. The Morgan fingerprint density at radius 1 is 1.14 bits per heavy atom. The number of benzene rings is 2. The van der Waals surface area contributed by atoms with Gasteiger partial charge in [-0.15, -0.1) is 0 Å². The molecule has 0 saturated heterocycles. The van der Waals surface area contributed by atoms with Gasteiger partial charge in [0.1, 0.15) is 11.8 Å². The normalized spacial score (nSPS) is 13.8. The zero-order valence-electron chi connectivity index (χ0n) is 17.8. The molecule has 2 rings (SSSR count). The van der Waals surface area contributed by atoms with E-state index in [4.69, 9.17) is 4.74 Å². The third kappa shape index (κ3) is 5.35. The number of hydrogen-bond acceptors (Lipinski definition) is 4. The number of nitrogens with zero attached hydrogens (tertiary/aromatic N) is 1. The lowest BCUT2D eigenvalue weighted by atomic mass is 10.1. The van der Waals surface area contributed by atoms with Gasteiger partial charge in [-0.3, -0.25) is 4.79 Å². The number of rotatable bonds is 8. The van der Waals surface area contributed by atoms with Crippen molar-refractivity contribution in [1.82, 2.24) is 4.31 Å². The highest BCUT2D eigenvalue weighted by molar-refractivity contribution is 7.89. The molecule has 2 atom stereocenters. The Balaban J connectivity index is 2.15. The van der Waals surface area contributed by atoms with Crippen LogP contribution >= 0.6 is 0 Å². The lowest BCUT2D eigenvalue weighted by Gasteiger charge is -2.19. The standard InChI is InChI=1S/C21H29N3O4S/c1-14-11-12-17(29(26,27)24(4)5)13-19(14)23-21(25)16(3)22-15(2)18-9-7-8-10-20(18)28-6/h7-13,15-16,22H,1-6H3,(H,23,25)/p+1/t15-,16+/m1/s1.